The van der Waals surface area contributed by atoms with Crippen LogP contribution in [0.5, 0.6) is 0 Å². The first-order chi connectivity index (χ1) is 8.85. The third-order valence-electron chi connectivity index (χ3n) is 2.85. The maximum Gasteiger partial charge on any atom is 0.419 e. The Labute approximate surface area is 112 Å². The lowest BCUT2D eigenvalue weighted by molar-refractivity contribution is 0.0541. The number of hydrogen-bond acceptors (Lipinski definition) is 3. The normalized spacial score (nSPS) is 11.6. The highest BCUT2D eigenvalue weighted by molar-refractivity contribution is 6.03. The van der Waals surface area contributed by atoms with Crippen molar-refractivity contribution in [2.75, 3.05) is 0 Å². The smallest absolute Gasteiger partial charge is 0.419 e. The largest absolute Gasteiger partial charge is 0.443 e. The highest BCUT2D eigenvalue weighted by atomic mass is 16.6. The van der Waals surface area contributed by atoms with Crippen LogP contribution in [-0.2, 0) is 4.74 Å². The maximum absolute atomic E-state index is 12.2. The summed E-state index contributed by atoms with van der Waals surface area (Å²) in [5.74, 6) is 0. The molecule has 19 heavy (non-hydrogen) atoms. The highest BCUT2D eigenvalue weighted by Gasteiger charge is 2.23. The molecule has 1 heterocycles. The molecule has 1 aromatic carbocycles. The van der Waals surface area contributed by atoms with Gasteiger partial charge in [-0.25, -0.2) is 9.36 Å². The van der Waals surface area contributed by atoms with Gasteiger partial charge in [-0.3, -0.25) is 4.79 Å². The maximum atomic E-state index is 12.2. The van der Waals surface area contributed by atoms with Gasteiger partial charge in [0.1, 0.15) is 5.60 Å². The SMILES string of the molecule is Cc1c(C=O)c2ccccc2n1C(=O)OC(C)(C)C. The van der Waals surface area contributed by atoms with Crippen molar-refractivity contribution in [1.82, 2.24) is 4.57 Å². The first-order valence-corrected chi connectivity index (χ1v) is 6.13. The molecule has 2 aromatic rings. The first-order valence-electron chi connectivity index (χ1n) is 6.13. The van der Waals surface area contributed by atoms with Gasteiger partial charge >= 0.3 is 6.09 Å². The van der Waals surface area contributed by atoms with Crippen molar-refractivity contribution in [3.8, 4) is 0 Å². The van der Waals surface area contributed by atoms with Crippen LogP contribution in [0.15, 0.2) is 24.3 Å². The third-order valence-corrected chi connectivity index (χ3v) is 2.85. The van der Waals surface area contributed by atoms with Crippen LogP contribution in [0.1, 0.15) is 36.8 Å². The molecule has 0 aliphatic heterocycles. The zero-order valence-corrected chi connectivity index (χ0v) is 11.6. The number of nitrogens with zero attached hydrogens (tertiary/aromatic N) is 1. The number of para-hydroxylation sites is 1. The van der Waals surface area contributed by atoms with Crippen LogP contribution in [0, 0.1) is 6.92 Å². The average molecular weight is 259 g/mol. The molecule has 0 saturated heterocycles. The molecule has 0 amide bonds. The number of carbonyl (C=O) groups excluding carboxylic acids is 2. The number of benzene rings is 1. The molecule has 0 atom stereocenters. The van der Waals surface area contributed by atoms with Crippen LogP contribution in [-0.4, -0.2) is 22.5 Å². The van der Waals surface area contributed by atoms with Crippen molar-refractivity contribution >= 4 is 23.3 Å². The number of hydrogen-bond donors (Lipinski definition) is 0. The molecule has 0 N–H and O–H groups in total. The van der Waals surface area contributed by atoms with Crippen LogP contribution in [0.4, 0.5) is 4.79 Å². The predicted molar refractivity (Wildman–Crippen MR) is 73.7 cm³/mol. The van der Waals surface area contributed by atoms with E-state index in [4.69, 9.17) is 4.74 Å². The number of fused-ring (bicyclic) bond motifs is 1. The van der Waals surface area contributed by atoms with E-state index in [1.54, 1.807) is 13.0 Å². The highest BCUT2D eigenvalue weighted by Crippen LogP contribution is 2.25. The molecule has 0 saturated carbocycles. The summed E-state index contributed by atoms with van der Waals surface area (Å²) < 4.78 is 6.83. The van der Waals surface area contributed by atoms with E-state index in [2.05, 4.69) is 0 Å². The Morgan fingerprint density at radius 1 is 1.26 bits per heavy atom. The Morgan fingerprint density at radius 3 is 2.47 bits per heavy atom. The van der Waals surface area contributed by atoms with Gasteiger partial charge in [-0.2, -0.15) is 0 Å². The molecule has 2 rings (SSSR count). The fourth-order valence-corrected chi connectivity index (χ4v) is 2.08. The van der Waals surface area contributed by atoms with E-state index < -0.39 is 11.7 Å². The molecule has 0 unspecified atom stereocenters. The van der Waals surface area contributed by atoms with Crippen molar-refractivity contribution in [2.45, 2.75) is 33.3 Å². The van der Waals surface area contributed by atoms with Gasteiger partial charge in [-0.05, 0) is 33.8 Å². The molecule has 0 bridgehead atoms. The number of ether oxygens (including phenoxy) is 1. The molecule has 0 aliphatic rings. The minimum absolute atomic E-state index is 0.464. The van der Waals surface area contributed by atoms with Gasteiger partial charge in [-0.1, -0.05) is 18.2 Å². The molecule has 0 spiro atoms. The molecule has 4 heteroatoms. The Hall–Kier alpha value is -2.10. The molecular formula is C15H17NO3. The van der Waals surface area contributed by atoms with Crippen molar-refractivity contribution in [3.63, 3.8) is 0 Å². The van der Waals surface area contributed by atoms with Gasteiger partial charge in [0, 0.05) is 16.6 Å². The second-order valence-electron chi connectivity index (χ2n) is 5.45. The Bertz CT molecular complexity index is 647. The lowest BCUT2D eigenvalue weighted by Gasteiger charge is -2.20. The average Bonchev–Trinajstić information content (AvgIpc) is 2.58. The summed E-state index contributed by atoms with van der Waals surface area (Å²) in [5.41, 5.74) is 1.25. The van der Waals surface area contributed by atoms with E-state index in [0.29, 0.717) is 16.8 Å². The van der Waals surface area contributed by atoms with Crippen LogP contribution in [0.3, 0.4) is 0 Å². The second-order valence-corrected chi connectivity index (χ2v) is 5.45. The van der Waals surface area contributed by atoms with Gasteiger partial charge < -0.3 is 4.74 Å². The summed E-state index contributed by atoms with van der Waals surface area (Å²) >= 11 is 0. The summed E-state index contributed by atoms with van der Waals surface area (Å²) in [6.45, 7) is 7.18. The second kappa shape index (κ2) is 4.53. The van der Waals surface area contributed by atoms with Crippen LogP contribution in [0.2, 0.25) is 0 Å². The minimum atomic E-state index is -0.573. The summed E-state index contributed by atoms with van der Waals surface area (Å²) in [4.78, 5) is 23.4. The summed E-state index contributed by atoms with van der Waals surface area (Å²) in [6, 6.07) is 7.30. The van der Waals surface area contributed by atoms with Gasteiger partial charge in [0.25, 0.3) is 0 Å². The van der Waals surface area contributed by atoms with Crippen molar-refractivity contribution in [3.05, 3.63) is 35.5 Å². The predicted octanol–water partition coefficient (Wildman–Crippen LogP) is 3.55. The fourth-order valence-electron chi connectivity index (χ4n) is 2.08. The Kier molecular flexibility index (Phi) is 3.18. The van der Waals surface area contributed by atoms with Crippen molar-refractivity contribution < 1.29 is 14.3 Å². The number of carbonyl (C=O) groups is 2. The molecule has 4 nitrogen and oxygen atoms in total. The zero-order chi connectivity index (χ0) is 14.2. The molecule has 100 valence electrons. The topological polar surface area (TPSA) is 48.3 Å². The van der Waals surface area contributed by atoms with Gasteiger partial charge in [0.15, 0.2) is 6.29 Å². The van der Waals surface area contributed by atoms with Gasteiger partial charge in [0.05, 0.1) is 5.52 Å². The zero-order valence-electron chi connectivity index (χ0n) is 11.6. The molecule has 0 aliphatic carbocycles. The minimum Gasteiger partial charge on any atom is -0.443 e. The molecule has 1 aromatic heterocycles. The summed E-state index contributed by atoms with van der Waals surface area (Å²) in [5, 5.41) is 0.765. The Morgan fingerprint density at radius 2 is 1.89 bits per heavy atom. The van der Waals surface area contributed by atoms with Crippen LogP contribution >= 0.6 is 0 Å². The quantitative estimate of drug-likeness (QED) is 0.736. The van der Waals surface area contributed by atoms with Crippen molar-refractivity contribution in [1.29, 1.82) is 0 Å². The van der Waals surface area contributed by atoms with Gasteiger partial charge in [0.2, 0.25) is 0 Å². The summed E-state index contributed by atoms with van der Waals surface area (Å²) in [7, 11) is 0. The lowest BCUT2D eigenvalue weighted by Crippen LogP contribution is -2.27. The van der Waals surface area contributed by atoms with Crippen LogP contribution in [0.25, 0.3) is 10.9 Å². The fraction of sp³-hybridized carbons (Fsp3) is 0.333. The standard InChI is InChI=1S/C15H17NO3/c1-10-12(9-17)11-7-5-6-8-13(11)16(10)14(18)19-15(2,3)4/h5-9H,1-4H3. The van der Waals surface area contributed by atoms with Gasteiger partial charge in [-0.15, -0.1) is 0 Å². The van der Waals surface area contributed by atoms with E-state index in [-0.39, 0.29) is 0 Å². The van der Waals surface area contributed by atoms with E-state index in [1.165, 1.54) is 4.57 Å². The first kappa shape index (κ1) is 13.3. The third kappa shape index (κ3) is 2.38. The number of rotatable bonds is 1. The number of aromatic nitrogens is 1. The summed E-state index contributed by atoms with van der Waals surface area (Å²) in [6.07, 6.45) is 0.313. The van der Waals surface area contributed by atoms with E-state index in [0.717, 1.165) is 11.7 Å². The lowest BCUT2D eigenvalue weighted by atomic mass is 10.1. The van der Waals surface area contributed by atoms with Crippen LogP contribution < -0.4 is 0 Å². The number of aldehydes is 1. The van der Waals surface area contributed by atoms with Crippen molar-refractivity contribution in [2.24, 2.45) is 0 Å². The van der Waals surface area contributed by atoms with E-state index in [1.807, 2.05) is 39.0 Å². The van der Waals surface area contributed by atoms with E-state index >= 15 is 0 Å². The molecular weight excluding hydrogens is 242 g/mol. The molecule has 0 fully saturated rings. The monoisotopic (exact) mass is 259 g/mol. The Balaban J connectivity index is 2.63. The van der Waals surface area contributed by atoms with E-state index in [9.17, 15) is 9.59 Å². The molecule has 0 radical (unpaired) electrons.